The van der Waals surface area contributed by atoms with Gasteiger partial charge in [0, 0.05) is 5.56 Å². The normalized spacial score (nSPS) is 15.7. The average Bonchev–Trinajstić information content (AvgIpc) is 2.86. The predicted octanol–water partition coefficient (Wildman–Crippen LogP) is 4.58. The van der Waals surface area contributed by atoms with Crippen LogP contribution >= 0.6 is 0 Å². The highest BCUT2D eigenvalue weighted by atomic mass is 16.5. The largest absolute Gasteiger partial charge is 0.493 e. The number of carbonyl (C=O) groups is 1. The minimum absolute atomic E-state index is 0.301. The standard InChI is InChI=1S/C21H20O3/c22-21(17-12-11-15-6-2-1-3-7-16(15)14-17)24-20-10-4-9-19-18(20)8-5-13-23-19/h2,4,6,9-12,14H,1,3,5,7-8,13H2. The van der Waals surface area contributed by atoms with Crippen LogP contribution in [0.3, 0.4) is 0 Å². The van der Waals surface area contributed by atoms with E-state index in [4.69, 9.17) is 9.47 Å². The van der Waals surface area contributed by atoms with Crippen molar-refractivity contribution in [1.82, 2.24) is 0 Å². The average molecular weight is 320 g/mol. The fraction of sp³-hybridized carbons (Fsp3) is 0.286. The Kier molecular flexibility index (Phi) is 4.08. The zero-order chi connectivity index (χ0) is 16.4. The second-order valence-electron chi connectivity index (χ2n) is 6.28. The molecule has 2 aliphatic rings. The van der Waals surface area contributed by atoms with Gasteiger partial charge >= 0.3 is 5.97 Å². The number of hydrogen-bond acceptors (Lipinski definition) is 3. The molecule has 2 aromatic carbocycles. The molecule has 0 bridgehead atoms. The molecule has 24 heavy (non-hydrogen) atoms. The minimum Gasteiger partial charge on any atom is -0.493 e. The number of hydrogen-bond donors (Lipinski definition) is 0. The van der Waals surface area contributed by atoms with E-state index in [-0.39, 0.29) is 5.97 Å². The molecular weight excluding hydrogens is 300 g/mol. The molecule has 0 unspecified atom stereocenters. The third-order valence-electron chi connectivity index (χ3n) is 4.61. The van der Waals surface area contributed by atoms with Crippen molar-refractivity contribution in [3.8, 4) is 11.5 Å². The first kappa shape index (κ1) is 15.0. The van der Waals surface area contributed by atoms with Crippen LogP contribution < -0.4 is 9.47 Å². The molecule has 1 aliphatic heterocycles. The Morgan fingerprint density at radius 3 is 3.00 bits per heavy atom. The Morgan fingerprint density at radius 1 is 1.08 bits per heavy atom. The first-order valence-corrected chi connectivity index (χ1v) is 8.57. The highest BCUT2D eigenvalue weighted by molar-refractivity contribution is 5.92. The van der Waals surface area contributed by atoms with Crippen molar-refractivity contribution in [2.75, 3.05) is 6.61 Å². The summed E-state index contributed by atoms with van der Waals surface area (Å²) in [7, 11) is 0. The van der Waals surface area contributed by atoms with Crippen LogP contribution in [0.25, 0.3) is 6.08 Å². The summed E-state index contributed by atoms with van der Waals surface area (Å²) in [6.07, 6.45) is 9.37. The van der Waals surface area contributed by atoms with Gasteiger partial charge in [-0.05, 0) is 67.5 Å². The van der Waals surface area contributed by atoms with Gasteiger partial charge in [0.15, 0.2) is 0 Å². The summed E-state index contributed by atoms with van der Waals surface area (Å²) in [5, 5.41) is 0. The van der Waals surface area contributed by atoms with Gasteiger partial charge in [0.05, 0.1) is 12.2 Å². The molecule has 4 rings (SSSR count). The Morgan fingerprint density at radius 2 is 2.04 bits per heavy atom. The lowest BCUT2D eigenvalue weighted by atomic mass is 10.0. The smallest absolute Gasteiger partial charge is 0.343 e. The number of carbonyl (C=O) groups excluding carboxylic acids is 1. The molecule has 0 saturated carbocycles. The zero-order valence-electron chi connectivity index (χ0n) is 13.6. The van der Waals surface area contributed by atoms with Gasteiger partial charge in [0.2, 0.25) is 0 Å². The van der Waals surface area contributed by atoms with Crippen molar-refractivity contribution in [2.24, 2.45) is 0 Å². The van der Waals surface area contributed by atoms with Crippen molar-refractivity contribution in [3.63, 3.8) is 0 Å². The zero-order valence-corrected chi connectivity index (χ0v) is 13.6. The lowest BCUT2D eigenvalue weighted by molar-refractivity contribution is 0.0731. The highest BCUT2D eigenvalue weighted by Gasteiger charge is 2.18. The van der Waals surface area contributed by atoms with E-state index in [0.717, 1.165) is 50.0 Å². The maximum Gasteiger partial charge on any atom is 0.343 e. The molecule has 0 atom stereocenters. The van der Waals surface area contributed by atoms with Gasteiger partial charge < -0.3 is 9.47 Å². The van der Waals surface area contributed by atoms with E-state index in [0.29, 0.717) is 11.3 Å². The maximum atomic E-state index is 12.6. The van der Waals surface area contributed by atoms with Crippen LogP contribution in [-0.4, -0.2) is 12.6 Å². The quantitative estimate of drug-likeness (QED) is 0.600. The molecule has 0 saturated heterocycles. The van der Waals surface area contributed by atoms with E-state index in [1.165, 1.54) is 11.1 Å². The fourth-order valence-corrected chi connectivity index (χ4v) is 3.35. The second-order valence-corrected chi connectivity index (χ2v) is 6.28. The molecule has 0 aromatic heterocycles. The van der Waals surface area contributed by atoms with Crippen LogP contribution in [0.15, 0.2) is 42.5 Å². The summed E-state index contributed by atoms with van der Waals surface area (Å²) >= 11 is 0. The monoisotopic (exact) mass is 320 g/mol. The summed E-state index contributed by atoms with van der Waals surface area (Å²) < 4.78 is 11.3. The van der Waals surface area contributed by atoms with Gasteiger partial charge in [-0.25, -0.2) is 4.79 Å². The van der Waals surface area contributed by atoms with Gasteiger partial charge in [-0.1, -0.05) is 24.3 Å². The summed E-state index contributed by atoms with van der Waals surface area (Å²) in [5.74, 6) is 1.15. The summed E-state index contributed by atoms with van der Waals surface area (Å²) in [6.45, 7) is 0.725. The predicted molar refractivity (Wildman–Crippen MR) is 93.6 cm³/mol. The van der Waals surface area contributed by atoms with Crippen LogP contribution in [0.2, 0.25) is 0 Å². The van der Waals surface area contributed by atoms with Gasteiger partial charge in [-0.15, -0.1) is 0 Å². The Hall–Kier alpha value is -2.55. The molecular formula is C21H20O3. The molecule has 1 aliphatic carbocycles. The number of ether oxygens (including phenoxy) is 2. The number of fused-ring (bicyclic) bond motifs is 2. The Bertz CT molecular complexity index is 805. The van der Waals surface area contributed by atoms with Crippen molar-refractivity contribution < 1.29 is 14.3 Å². The number of rotatable bonds is 2. The first-order valence-electron chi connectivity index (χ1n) is 8.57. The number of aryl methyl sites for hydroxylation is 1. The lowest BCUT2D eigenvalue weighted by Crippen LogP contribution is -2.14. The van der Waals surface area contributed by atoms with Gasteiger partial charge in [-0.3, -0.25) is 0 Å². The van der Waals surface area contributed by atoms with Crippen LogP contribution in [0, 0.1) is 0 Å². The third kappa shape index (κ3) is 2.94. The molecule has 0 spiro atoms. The van der Waals surface area contributed by atoms with E-state index >= 15 is 0 Å². The van der Waals surface area contributed by atoms with Crippen LogP contribution in [0.5, 0.6) is 11.5 Å². The maximum absolute atomic E-state index is 12.6. The van der Waals surface area contributed by atoms with Crippen LogP contribution in [0.1, 0.15) is 46.3 Å². The molecule has 0 N–H and O–H groups in total. The molecule has 0 radical (unpaired) electrons. The molecule has 122 valence electrons. The number of esters is 1. The SMILES string of the molecule is O=C(Oc1cccc2c1CCCO2)c1ccc2c(c1)CCCC=C2. The van der Waals surface area contributed by atoms with Crippen molar-refractivity contribution in [1.29, 1.82) is 0 Å². The van der Waals surface area contributed by atoms with E-state index in [2.05, 4.69) is 12.2 Å². The third-order valence-corrected chi connectivity index (χ3v) is 4.61. The van der Waals surface area contributed by atoms with E-state index in [9.17, 15) is 4.79 Å². The molecule has 0 fully saturated rings. The van der Waals surface area contributed by atoms with Crippen molar-refractivity contribution >= 4 is 12.0 Å². The molecule has 1 heterocycles. The summed E-state index contributed by atoms with van der Waals surface area (Å²) in [5.41, 5.74) is 4.03. The van der Waals surface area contributed by atoms with E-state index in [1.807, 2.05) is 36.4 Å². The van der Waals surface area contributed by atoms with Crippen molar-refractivity contribution in [2.45, 2.75) is 32.1 Å². The Balaban J connectivity index is 1.59. The topological polar surface area (TPSA) is 35.5 Å². The minimum atomic E-state index is -0.301. The van der Waals surface area contributed by atoms with E-state index in [1.54, 1.807) is 0 Å². The number of benzene rings is 2. The molecule has 3 nitrogen and oxygen atoms in total. The molecule has 0 amide bonds. The van der Waals surface area contributed by atoms with E-state index < -0.39 is 0 Å². The highest BCUT2D eigenvalue weighted by Crippen LogP contribution is 2.33. The Labute approximate surface area is 141 Å². The first-order chi connectivity index (χ1) is 11.8. The second kappa shape index (κ2) is 6.52. The van der Waals surface area contributed by atoms with Crippen LogP contribution in [0.4, 0.5) is 0 Å². The lowest BCUT2D eigenvalue weighted by Gasteiger charge is -2.19. The van der Waals surface area contributed by atoms with Crippen LogP contribution in [-0.2, 0) is 12.8 Å². The summed E-state index contributed by atoms with van der Waals surface area (Å²) in [6, 6.07) is 11.5. The fourth-order valence-electron chi connectivity index (χ4n) is 3.35. The molecule has 3 heteroatoms. The number of allylic oxidation sites excluding steroid dienone is 1. The van der Waals surface area contributed by atoms with Crippen molar-refractivity contribution in [3.05, 3.63) is 64.7 Å². The summed E-state index contributed by atoms with van der Waals surface area (Å²) in [4.78, 5) is 12.6. The van der Waals surface area contributed by atoms with Gasteiger partial charge in [0.25, 0.3) is 0 Å². The van der Waals surface area contributed by atoms with Gasteiger partial charge in [-0.2, -0.15) is 0 Å². The van der Waals surface area contributed by atoms with Gasteiger partial charge in [0.1, 0.15) is 11.5 Å². The molecule has 2 aromatic rings.